The van der Waals surface area contributed by atoms with Gasteiger partial charge in [-0.25, -0.2) is 4.98 Å². The smallest absolute Gasteiger partial charge is 0.280 e. The Hall–Kier alpha value is -6.06. The highest BCUT2D eigenvalue weighted by Crippen LogP contribution is 2.45. The topological polar surface area (TPSA) is 87.3 Å². The highest BCUT2D eigenvalue weighted by molar-refractivity contribution is 6.18. The molecule has 9 rings (SSSR count). The molecule has 0 N–H and O–H groups in total. The van der Waals surface area contributed by atoms with Crippen molar-refractivity contribution >= 4 is 22.6 Å². The molecule has 9 nitrogen and oxygen atoms in total. The molecule has 0 saturated carbocycles. The SMILES string of the molecule is COc1ccc(Cn2nc3c4c(nccc42)N(C2CCOCC2)C(=O)c2nn(C(c4ccccc4)(c4ccccc4)c4ccccc4)cc2-3)cc1. The second kappa shape index (κ2) is 12.7. The van der Waals surface area contributed by atoms with Gasteiger partial charge in [-0.15, -0.1) is 0 Å². The van der Waals surface area contributed by atoms with E-state index in [-0.39, 0.29) is 11.9 Å². The van der Waals surface area contributed by atoms with Crippen molar-refractivity contribution in [2.24, 2.45) is 0 Å². The van der Waals surface area contributed by atoms with Crippen molar-refractivity contribution < 1.29 is 14.3 Å². The molecule has 0 radical (unpaired) electrons. The van der Waals surface area contributed by atoms with Crippen LogP contribution in [-0.2, 0) is 16.8 Å². The van der Waals surface area contributed by atoms with Gasteiger partial charge in [0, 0.05) is 31.6 Å². The van der Waals surface area contributed by atoms with E-state index in [2.05, 4.69) is 84.9 Å². The summed E-state index contributed by atoms with van der Waals surface area (Å²) >= 11 is 0. The Morgan fingerprint density at radius 2 is 1.37 bits per heavy atom. The van der Waals surface area contributed by atoms with Crippen LogP contribution in [-0.4, -0.2) is 56.8 Å². The van der Waals surface area contributed by atoms with Gasteiger partial charge in [-0.2, -0.15) is 10.2 Å². The van der Waals surface area contributed by atoms with Crippen LogP contribution in [0.15, 0.2) is 134 Å². The Kier molecular flexibility index (Phi) is 7.70. The first kappa shape index (κ1) is 31.0. The molecule has 1 saturated heterocycles. The number of amides is 1. The normalized spacial score (nSPS) is 14.8. The standard InChI is InChI=1S/C42H36N6O3/c1-50-34-19-17-29(18-20-34)27-46-36-21-24-43-40-37(36)38(44-46)35-28-47(45-39(35)41(49)48(40)33-22-25-51-26-23-33)42(30-11-5-2-6-12-30,31-13-7-3-8-14-31)32-15-9-4-10-16-32/h2-21,24,28,33H,22-23,25-27H2,1H3. The quantitative estimate of drug-likeness (QED) is 0.157. The molecule has 2 aliphatic rings. The van der Waals surface area contributed by atoms with Crippen molar-refractivity contribution in [3.8, 4) is 17.0 Å². The number of pyridine rings is 1. The molecule has 51 heavy (non-hydrogen) atoms. The molecule has 0 unspecified atom stereocenters. The average Bonchev–Trinajstić information content (AvgIpc) is 3.78. The van der Waals surface area contributed by atoms with Gasteiger partial charge < -0.3 is 9.47 Å². The molecule has 0 aliphatic carbocycles. The van der Waals surface area contributed by atoms with E-state index in [9.17, 15) is 0 Å². The lowest BCUT2D eigenvalue weighted by molar-refractivity contribution is 0.0769. The van der Waals surface area contributed by atoms with Gasteiger partial charge in [0.1, 0.15) is 22.8 Å². The van der Waals surface area contributed by atoms with Crippen molar-refractivity contribution in [1.82, 2.24) is 24.5 Å². The second-order valence-electron chi connectivity index (χ2n) is 13.0. The number of aromatic nitrogens is 5. The van der Waals surface area contributed by atoms with E-state index < -0.39 is 5.54 Å². The van der Waals surface area contributed by atoms with Gasteiger partial charge in [-0.3, -0.25) is 19.1 Å². The first-order valence-corrected chi connectivity index (χ1v) is 17.3. The summed E-state index contributed by atoms with van der Waals surface area (Å²) in [5.74, 6) is 1.23. The lowest BCUT2D eigenvalue weighted by Gasteiger charge is -2.36. The number of carbonyl (C=O) groups excluding carboxylic acids is 1. The van der Waals surface area contributed by atoms with Gasteiger partial charge in [0.15, 0.2) is 5.69 Å². The largest absolute Gasteiger partial charge is 0.497 e. The van der Waals surface area contributed by atoms with Gasteiger partial charge in [0.2, 0.25) is 0 Å². The van der Waals surface area contributed by atoms with E-state index in [4.69, 9.17) is 24.7 Å². The molecule has 4 aromatic carbocycles. The Morgan fingerprint density at radius 3 is 1.96 bits per heavy atom. The van der Waals surface area contributed by atoms with Crippen molar-refractivity contribution in [3.63, 3.8) is 0 Å². The molecule has 7 aromatic rings. The zero-order valence-electron chi connectivity index (χ0n) is 28.2. The Labute approximate surface area is 295 Å². The average molecular weight is 673 g/mol. The maximum Gasteiger partial charge on any atom is 0.280 e. The van der Waals surface area contributed by atoms with Crippen LogP contribution >= 0.6 is 0 Å². The number of hydrogen-bond acceptors (Lipinski definition) is 6. The highest BCUT2D eigenvalue weighted by atomic mass is 16.5. The maximum absolute atomic E-state index is 15.1. The molecule has 3 aromatic heterocycles. The van der Waals surface area contributed by atoms with Gasteiger partial charge >= 0.3 is 0 Å². The minimum atomic E-state index is -0.900. The number of hydrogen-bond donors (Lipinski definition) is 0. The summed E-state index contributed by atoms with van der Waals surface area (Å²) in [4.78, 5) is 21.8. The van der Waals surface area contributed by atoms with Crippen LogP contribution in [0.5, 0.6) is 5.75 Å². The molecule has 252 valence electrons. The van der Waals surface area contributed by atoms with Crippen LogP contribution in [0, 0.1) is 0 Å². The third-order valence-corrected chi connectivity index (χ3v) is 10.2. The molecular formula is C42H36N6O3. The fourth-order valence-electron chi connectivity index (χ4n) is 7.81. The van der Waals surface area contributed by atoms with Crippen LogP contribution < -0.4 is 9.64 Å². The molecule has 1 fully saturated rings. The third kappa shape index (κ3) is 5.03. The lowest BCUT2D eigenvalue weighted by Crippen LogP contribution is -2.44. The monoisotopic (exact) mass is 672 g/mol. The Balaban J connectivity index is 1.32. The minimum Gasteiger partial charge on any atom is -0.497 e. The summed E-state index contributed by atoms with van der Waals surface area (Å²) < 4.78 is 15.1. The predicted octanol–water partition coefficient (Wildman–Crippen LogP) is 7.33. The van der Waals surface area contributed by atoms with E-state index in [1.165, 1.54) is 0 Å². The van der Waals surface area contributed by atoms with Crippen molar-refractivity contribution in [1.29, 1.82) is 0 Å². The number of anilines is 1. The fourth-order valence-corrected chi connectivity index (χ4v) is 7.81. The Morgan fingerprint density at radius 1 is 0.765 bits per heavy atom. The van der Waals surface area contributed by atoms with Crippen molar-refractivity contribution in [3.05, 3.63) is 162 Å². The van der Waals surface area contributed by atoms with Crippen LogP contribution in [0.1, 0.15) is 45.6 Å². The van der Waals surface area contributed by atoms with E-state index in [0.29, 0.717) is 55.4 Å². The predicted molar refractivity (Wildman–Crippen MR) is 196 cm³/mol. The number of carbonyl (C=O) groups is 1. The third-order valence-electron chi connectivity index (χ3n) is 10.2. The summed E-state index contributed by atoms with van der Waals surface area (Å²) in [6, 6.07) is 41.1. The number of benzene rings is 4. The molecular weight excluding hydrogens is 637 g/mol. The number of nitrogens with zero attached hydrogens (tertiary/aromatic N) is 6. The fraction of sp³-hybridized carbons (Fsp3) is 0.190. The summed E-state index contributed by atoms with van der Waals surface area (Å²) in [5.41, 5.74) is 5.85. The number of ether oxygens (including phenoxy) is 2. The van der Waals surface area contributed by atoms with Crippen molar-refractivity contribution in [2.75, 3.05) is 25.2 Å². The van der Waals surface area contributed by atoms with Crippen LogP contribution in [0.25, 0.3) is 22.2 Å². The molecule has 2 aliphatic heterocycles. The summed E-state index contributed by atoms with van der Waals surface area (Å²) in [6.45, 7) is 1.68. The van der Waals surface area contributed by atoms with Crippen molar-refractivity contribution in [2.45, 2.75) is 31.0 Å². The molecule has 9 heteroatoms. The highest BCUT2D eigenvalue weighted by Gasteiger charge is 2.44. The van der Waals surface area contributed by atoms with Crippen LogP contribution in [0.4, 0.5) is 5.82 Å². The zero-order valence-corrected chi connectivity index (χ0v) is 28.2. The number of fused-ring (bicyclic) bond motifs is 2. The second-order valence-corrected chi connectivity index (χ2v) is 13.0. The first-order valence-electron chi connectivity index (χ1n) is 17.3. The van der Waals surface area contributed by atoms with E-state index in [1.807, 2.05) is 56.9 Å². The zero-order chi connectivity index (χ0) is 34.4. The van der Waals surface area contributed by atoms with E-state index >= 15 is 4.79 Å². The summed E-state index contributed by atoms with van der Waals surface area (Å²) in [7, 11) is 1.67. The lowest BCUT2D eigenvalue weighted by atomic mass is 9.77. The van der Waals surface area contributed by atoms with Gasteiger partial charge in [0.05, 0.1) is 30.1 Å². The van der Waals surface area contributed by atoms with E-state index in [0.717, 1.165) is 38.9 Å². The maximum atomic E-state index is 15.1. The van der Waals surface area contributed by atoms with Crippen LogP contribution in [0.2, 0.25) is 0 Å². The van der Waals surface area contributed by atoms with Gasteiger partial charge in [-0.05, 0) is 53.3 Å². The molecule has 0 bridgehead atoms. The number of rotatable bonds is 8. The summed E-state index contributed by atoms with van der Waals surface area (Å²) in [6.07, 6.45) is 5.21. The first-order chi connectivity index (χ1) is 25.2. The Bertz CT molecular complexity index is 2230. The molecule has 0 spiro atoms. The molecule has 1 amide bonds. The molecule has 0 atom stereocenters. The van der Waals surface area contributed by atoms with E-state index in [1.54, 1.807) is 13.3 Å². The minimum absolute atomic E-state index is 0.0969. The number of methoxy groups -OCH3 is 1. The van der Waals surface area contributed by atoms with Gasteiger partial charge in [0.25, 0.3) is 5.91 Å². The van der Waals surface area contributed by atoms with Crippen LogP contribution in [0.3, 0.4) is 0 Å². The molecule has 5 heterocycles. The summed E-state index contributed by atoms with van der Waals surface area (Å²) in [5, 5.41) is 11.4. The van der Waals surface area contributed by atoms with Gasteiger partial charge in [-0.1, -0.05) is 103 Å².